The molecule has 0 spiro atoms. The Bertz CT molecular complexity index is 999. The Morgan fingerprint density at radius 2 is 2.10 bits per heavy atom. The van der Waals surface area contributed by atoms with E-state index in [2.05, 4.69) is 15.5 Å². The van der Waals surface area contributed by atoms with Gasteiger partial charge in [-0.15, -0.1) is 0 Å². The second kappa shape index (κ2) is 7.28. The fraction of sp³-hybridized carbons (Fsp3) is 0.609. The highest BCUT2D eigenvalue weighted by Gasteiger charge is 2.41. The molecular weight excluding hydrogens is 402 g/mol. The molecule has 1 aliphatic heterocycles. The molecule has 2 saturated carbocycles. The molecule has 8 heteroatoms. The number of rotatable bonds is 7. The normalized spacial score (nSPS) is 22.4. The lowest BCUT2D eigenvalue weighted by Gasteiger charge is -2.28. The molecule has 2 aromatic rings. The first-order valence-electron chi connectivity index (χ1n) is 11.1. The van der Waals surface area contributed by atoms with E-state index in [1.807, 2.05) is 13.0 Å². The van der Waals surface area contributed by atoms with Gasteiger partial charge in [0.1, 0.15) is 5.54 Å². The van der Waals surface area contributed by atoms with Crippen LogP contribution in [0.15, 0.2) is 22.7 Å². The summed E-state index contributed by atoms with van der Waals surface area (Å²) in [6.45, 7) is 3.66. The molecular formula is C23H28F2N4O2. The summed E-state index contributed by atoms with van der Waals surface area (Å²) in [6.07, 6.45) is 4.99. The van der Waals surface area contributed by atoms with Gasteiger partial charge >= 0.3 is 0 Å². The highest BCUT2D eigenvalue weighted by Crippen LogP contribution is 2.46. The number of nitrogens with zero attached hydrogens (tertiary/aromatic N) is 3. The van der Waals surface area contributed by atoms with Crippen LogP contribution in [0, 0.1) is 12.8 Å². The fourth-order valence-electron chi connectivity index (χ4n) is 4.58. The van der Waals surface area contributed by atoms with Crippen molar-refractivity contribution in [3.05, 3.63) is 41.0 Å². The second-order valence-corrected chi connectivity index (χ2v) is 9.65. The number of aromatic nitrogens is 2. The summed E-state index contributed by atoms with van der Waals surface area (Å²) in [5.41, 5.74) is 1.57. The Morgan fingerprint density at radius 1 is 1.32 bits per heavy atom. The van der Waals surface area contributed by atoms with E-state index in [1.165, 1.54) is 0 Å². The van der Waals surface area contributed by atoms with Gasteiger partial charge in [0.15, 0.2) is 5.82 Å². The first-order chi connectivity index (χ1) is 14.7. The average Bonchev–Trinajstić information content (AvgIpc) is 3.64. The van der Waals surface area contributed by atoms with Gasteiger partial charge in [0.2, 0.25) is 5.89 Å². The summed E-state index contributed by atoms with van der Waals surface area (Å²) in [4.78, 5) is 19.4. The average molecular weight is 430 g/mol. The highest BCUT2D eigenvalue weighted by atomic mass is 19.3. The van der Waals surface area contributed by atoms with Gasteiger partial charge in [-0.1, -0.05) is 24.1 Å². The number of alkyl halides is 2. The minimum atomic E-state index is -2.68. The van der Waals surface area contributed by atoms with Crippen LogP contribution in [-0.4, -0.2) is 35.1 Å². The highest BCUT2D eigenvalue weighted by molar-refractivity contribution is 5.96. The predicted molar refractivity (Wildman–Crippen MR) is 111 cm³/mol. The van der Waals surface area contributed by atoms with E-state index in [9.17, 15) is 13.6 Å². The van der Waals surface area contributed by atoms with Gasteiger partial charge in [-0.2, -0.15) is 4.98 Å². The van der Waals surface area contributed by atoms with Crippen molar-refractivity contribution in [2.45, 2.75) is 69.8 Å². The van der Waals surface area contributed by atoms with Crippen molar-refractivity contribution in [2.75, 3.05) is 18.0 Å². The quantitative estimate of drug-likeness (QED) is 0.698. The van der Waals surface area contributed by atoms with Crippen LogP contribution in [0.2, 0.25) is 0 Å². The maximum absolute atomic E-state index is 13.9. The number of hydrogen-bond donors (Lipinski definition) is 1. The Hall–Kier alpha value is -2.51. The smallest absolute Gasteiger partial charge is 0.266 e. The monoisotopic (exact) mass is 430 g/mol. The number of anilines is 1. The third kappa shape index (κ3) is 4.29. The van der Waals surface area contributed by atoms with Crippen molar-refractivity contribution in [3.63, 3.8) is 0 Å². The molecule has 0 bridgehead atoms. The van der Waals surface area contributed by atoms with Crippen LogP contribution >= 0.6 is 0 Å². The molecule has 1 aromatic heterocycles. The van der Waals surface area contributed by atoms with Gasteiger partial charge in [-0.05, 0) is 55.7 Å². The van der Waals surface area contributed by atoms with Crippen molar-refractivity contribution in [3.8, 4) is 0 Å². The zero-order valence-corrected chi connectivity index (χ0v) is 18.0. The van der Waals surface area contributed by atoms with Crippen LogP contribution in [0.3, 0.4) is 0 Å². The summed E-state index contributed by atoms with van der Waals surface area (Å²) in [5, 5.41) is 7.18. The van der Waals surface area contributed by atoms with Crippen molar-refractivity contribution < 1.29 is 18.1 Å². The molecule has 2 aliphatic carbocycles. The van der Waals surface area contributed by atoms with Gasteiger partial charge in [0.05, 0.1) is 6.54 Å². The fourth-order valence-corrected chi connectivity index (χ4v) is 4.58. The number of carbonyl (C=O) groups is 1. The Morgan fingerprint density at radius 3 is 2.68 bits per heavy atom. The number of nitrogens with one attached hydrogen (secondary N) is 1. The molecule has 1 amide bonds. The van der Waals surface area contributed by atoms with Gasteiger partial charge in [0.25, 0.3) is 11.8 Å². The largest absolute Gasteiger partial charge is 0.365 e. The van der Waals surface area contributed by atoms with Crippen LogP contribution in [-0.2, 0) is 5.54 Å². The maximum Gasteiger partial charge on any atom is 0.266 e. The van der Waals surface area contributed by atoms with E-state index in [1.54, 1.807) is 24.0 Å². The molecule has 0 radical (unpaired) electrons. The topological polar surface area (TPSA) is 71.3 Å². The molecule has 3 aliphatic rings. The molecule has 1 saturated heterocycles. The van der Waals surface area contributed by atoms with Gasteiger partial charge in [-0.3, -0.25) is 4.79 Å². The van der Waals surface area contributed by atoms with Crippen molar-refractivity contribution in [1.82, 2.24) is 15.5 Å². The number of aryl methyl sites for hydroxylation is 1. The number of carbonyl (C=O) groups excluding carboxylic acids is 1. The molecule has 31 heavy (non-hydrogen) atoms. The van der Waals surface area contributed by atoms with E-state index in [0.29, 0.717) is 35.7 Å². The molecule has 5 rings (SSSR count). The summed E-state index contributed by atoms with van der Waals surface area (Å²) >= 11 is 0. The number of benzene rings is 1. The number of hydrogen-bond acceptors (Lipinski definition) is 5. The van der Waals surface area contributed by atoms with Crippen LogP contribution in [0.5, 0.6) is 0 Å². The first kappa shape index (κ1) is 20.4. The zero-order chi connectivity index (χ0) is 21.8. The Balaban J connectivity index is 1.42. The van der Waals surface area contributed by atoms with Crippen LogP contribution in [0.25, 0.3) is 0 Å². The summed E-state index contributed by atoms with van der Waals surface area (Å²) in [5.74, 6) is -1.07. The third-order valence-corrected chi connectivity index (χ3v) is 6.62. The summed E-state index contributed by atoms with van der Waals surface area (Å²) < 4.78 is 32.9. The molecule has 1 N–H and O–H groups in total. The maximum atomic E-state index is 13.9. The third-order valence-electron chi connectivity index (χ3n) is 6.62. The van der Waals surface area contributed by atoms with Crippen LogP contribution in [0.1, 0.15) is 79.0 Å². The summed E-state index contributed by atoms with van der Waals surface area (Å²) in [6, 6.07) is 5.53. The zero-order valence-electron chi connectivity index (χ0n) is 18.0. The first-order valence-corrected chi connectivity index (χ1v) is 11.1. The molecule has 3 fully saturated rings. The lowest BCUT2D eigenvalue weighted by molar-refractivity contribution is 0.0257. The molecule has 6 nitrogen and oxygen atoms in total. The number of halogens is 2. The molecule has 1 aromatic carbocycles. The minimum absolute atomic E-state index is 0.149. The molecule has 1 unspecified atom stereocenters. The van der Waals surface area contributed by atoms with Crippen molar-refractivity contribution in [1.29, 1.82) is 0 Å². The Labute approximate surface area is 180 Å². The van der Waals surface area contributed by atoms with E-state index >= 15 is 0 Å². The predicted octanol–water partition coefficient (Wildman–Crippen LogP) is 4.55. The van der Waals surface area contributed by atoms with Crippen LogP contribution < -0.4 is 10.2 Å². The Kier molecular flexibility index (Phi) is 4.79. The molecule has 166 valence electrons. The summed E-state index contributed by atoms with van der Waals surface area (Å²) in [7, 11) is 0. The van der Waals surface area contributed by atoms with E-state index in [4.69, 9.17) is 4.52 Å². The SMILES string of the molecule is Cc1nc(C(C)(CC2CC2)NC(=O)c2ccc(C3CC3)c(N3CCC(F)(F)C3)c2)no1. The number of amides is 1. The van der Waals surface area contributed by atoms with Crippen molar-refractivity contribution in [2.24, 2.45) is 5.92 Å². The molecule has 2 heterocycles. The lowest BCUT2D eigenvalue weighted by atomic mass is 9.93. The van der Waals surface area contributed by atoms with E-state index in [-0.39, 0.29) is 18.9 Å². The van der Waals surface area contributed by atoms with E-state index < -0.39 is 11.5 Å². The lowest BCUT2D eigenvalue weighted by Crippen LogP contribution is -2.45. The molecule has 1 atom stereocenters. The van der Waals surface area contributed by atoms with E-state index in [0.717, 1.165) is 43.4 Å². The van der Waals surface area contributed by atoms with Gasteiger partial charge < -0.3 is 14.7 Å². The van der Waals surface area contributed by atoms with Gasteiger partial charge in [0, 0.05) is 31.1 Å². The second-order valence-electron chi connectivity index (χ2n) is 9.65. The van der Waals surface area contributed by atoms with Crippen molar-refractivity contribution >= 4 is 11.6 Å². The standard InChI is InChI=1S/C23H28F2N4O2/c1-14-26-21(28-31-14)22(2,12-15-3-4-15)27-20(30)17-7-8-18(16-5-6-16)19(11-17)29-10-9-23(24,25)13-29/h7-8,11,15-16H,3-6,9-10,12-13H2,1-2H3,(H,27,30). The van der Waals surface area contributed by atoms with Gasteiger partial charge in [-0.25, -0.2) is 8.78 Å². The van der Waals surface area contributed by atoms with Crippen LogP contribution in [0.4, 0.5) is 14.5 Å². The minimum Gasteiger partial charge on any atom is -0.365 e.